The van der Waals surface area contributed by atoms with E-state index in [-0.39, 0.29) is 19.7 Å². The molecule has 0 aromatic rings. The van der Waals surface area contributed by atoms with Crippen molar-refractivity contribution in [3.05, 3.63) is 0 Å². The lowest BCUT2D eigenvalue weighted by molar-refractivity contribution is -0.143. The number of hydrogen-bond donors (Lipinski definition) is 1. The van der Waals surface area contributed by atoms with Crippen molar-refractivity contribution in [1.29, 1.82) is 0 Å². The lowest BCUT2D eigenvalue weighted by Crippen LogP contribution is -2.53. The molecule has 0 aromatic carbocycles. The number of amides is 1. The molecular formula is C8H14N2O6S. The van der Waals surface area contributed by atoms with Crippen molar-refractivity contribution in [3.63, 3.8) is 0 Å². The molecule has 0 unspecified atom stereocenters. The van der Waals surface area contributed by atoms with Crippen molar-refractivity contribution in [2.45, 2.75) is 13.3 Å². The number of rotatable bonds is 3. The molecule has 1 saturated heterocycles. The first-order valence-corrected chi connectivity index (χ1v) is 6.45. The van der Waals surface area contributed by atoms with Gasteiger partial charge < -0.3 is 9.84 Å². The second-order valence-electron chi connectivity index (χ2n) is 3.35. The van der Waals surface area contributed by atoms with Crippen LogP contribution < -0.4 is 0 Å². The number of carbonyl (C=O) groups is 2. The van der Waals surface area contributed by atoms with E-state index in [1.807, 2.05) is 0 Å². The maximum absolute atomic E-state index is 11.8. The number of carboxylic acid groups (broad SMARTS) is 1. The van der Waals surface area contributed by atoms with Crippen LogP contribution in [0.25, 0.3) is 0 Å². The van der Waals surface area contributed by atoms with E-state index in [0.717, 1.165) is 4.31 Å². The quantitative estimate of drug-likeness (QED) is 0.689. The Labute approximate surface area is 98.9 Å². The fraction of sp³-hybridized carbons (Fsp3) is 0.750. The molecule has 8 nitrogen and oxygen atoms in total. The highest BCUT2D eigenvalue weighted by Gasteiger charge is 2.37. The third-order valence-electron chi connectivity index (χ3n) is 2.20. The first-order valence-electron chi connectivity index (χ1n) is 5.06. The van der Waals surface area contributed by atoms with Crippen molar-refractivity contribution >= 4 is 22.3 Å². The molecule has 17 heavy (non-hydrogen) atoms. The minimum absolute atomic E-state index is 0.0863. The molecule has 0 bridgehead atoms. The van der Waals surface area contributed by atoms with Crippen LogP contribution in [0.3, 0.4) is 0 Å². The summed E-state index contributed by atoms with van der Waals surface area (Å²) in [6.45, 7) is 1.32. The second-order valence-corrected chi connectivity index (χ2v) is 5.21. The van der Waals surface area contributed by atoms with Crippen molar-refractivity contribution in [2.75, 3.05) is 26.2 Å². The van der Waals surface area contributed by atoms with Gasteiger partial charge in [0.05, 0.1) is 6.61 Å². The van der Waals surface area contributed by atoms with Crippen LogP contribution >= 0.6 is 0 Å². The molecule has 1 aliphatic heterocycles. The van der Waals surface area contributed by atoms with Crippen LogP contribution in [0, 0.1) is 0 Å². The average Bonchev–Trinajstić information content (AvgIpc) is 2.20. The van der Waals surface area contributed by atoms with Crippen molar-refractivity contribution in [2.24, 2.45) is 0 Å². The molecule has 0 aliphatic carbocycles. The van der Waals surface area contributed by atoms with Crippen LogP contribution in [0.5, 0.6) is 0 Å². The van der Waals surface area contributed by atoms with Gasteiger partial charge in [0.15, 0.2) is 0 Å². The first kappa shape index (κ1) is 13.7. The zero-order chi connectivity index (χ0) is 13.1. The standard InChI is InChI=1S/C8H14N2O6S/c1-2-16-7(11)6-9-4-3-5-10(8(12)13)17(9,14)15/h2-6H2,1H3,(H,12,13). The molecule has 1 N–H and O–H groups in total. The molecular weight excluding hydrogens is 252 g/mol. The Morgan fingerprint density at radius 3 is 2.53 bits per heavy atom. The van der Waals surface area contributed by atoms with E-state index in [9.17, 15) is 18.0 Å². The van der Waals surface area contributed by atoms with Gasteiger partial charge in [0.2, 0.25) is 0 Å². The second kappa shape index (κ2) is 5.32. The molecule has 1 aliphatic rings. The fourth-order valence-electron chi connectivity index (χ4n) is 1.47. The number of ether oxygens (including phenoxy) is 1. The summed E-state index contributed by atoms with van der Waals surface area (Å²) >= 11 is 0. The third kappa shape index (κ3) is 3.07. The highest BCUT2D eigenvalue weighted by Crippen LogP contribution is 2.16. The van der Waals surface area contributed by atoms with Crippen LogP contribution in [0.15, 0.2) is 0 Å². The smallest absolute Gasteiger partial charge is 0.422 e. The highest BCUT2D eigenvalue weighted by molar-refractivity contribution is 7.87. The number of esters is 1. The van der Waals surface area contributed by atoms with E-state index in [0.29, 0.717) is 10.7 Å². The Morgan fingerprint density at radius 2 is 2.00 bits per heavy atom. The molecule has 98 valence electrons. The van der Waals surface area contributed by atoms with Gasteiger partial charge in [0, 0.05) is 13.1 Å². The van der Waals surface area contributed by atoms with E-state index >= 15 is 0 Å². The van der Waals surface area contributed by atoms with Gasteiger partial charge in [-0.1, -0.05) is 0 Å². The van der Waals surface area contributed by atoms with Gasteiger partial charge in [0.1, 0.15) is 6.54 Å². The molecule has 1 rings (SSSR count). The summed E-state index contributed by atoms with van der Waals surface area (Å²) in [6.07, 6.45) is -1.19. The average molecular weight is 266 g/mol. The summed E-state index contributed by atoms with van der Waals surface area (Å²) in [5.74, 6) is -0.691. The van der Waals surface area contributed by atoms with Crippen molar-refractivity contribution in [1.82, 2.24) is 8.61 Å². The van der Waals surface area contributed by atoms with Crippen LogP contribution in [-0.2, 0) is 19.7 Å². The van der Waals surface area contributed by atoms with Gasteiger partial charge in [-0.15, -0.1) is 0 Å². The summed E-state index contributed by atoms with van der Waals surface area (Å²) in [6, 6.07) is 0. The summed E-state index contributed by atoms with van der Waals surface area (Å²) in [5, 5.41) is 8.73. The molecule has 9 heteroatoms. The Morgan fingerprint density at radius 1 is 1.35 bits per heavy atom. The zero-order valence-corrected chi connectivity index (χ0v) is 10.1. The largest absolute Gasteiger partial charge is 0.465 e. The summed E-state index contributed by atoms with van der Waals surface area (Å²) < 4.78 is 29.3. The Hall–Kier alpha value is -1.35. The van der Waals surface area contributed by atoms with E-state index in [1.165, 1.54) is 0 Å². The molecule has 1 fully saturated rings. The lowest BCUT2D eigenvalue weighted by Gasteiger charge is -2.32. The molecule has 1 amide bonds. The third-order valence-corrected chi connectivity index (χ3v) is 4.06. The fourth-order valence-corrected chi connectivity index (χ4v) is 2.93. The predicted molar refractivity (Wildman–Crippen MR) is 56.5 cm³/mol. The molecule has 0 atom stereocenters. The molecule has 0 radical (unpaired) electrons. The number of nitrogens with zero attached hydrogens (tertiary/aromatic N) is 2. The molecule has 1 heterocycles. The van der Waals surface area contributed by atoms with Crippen molar-refractivity contribution < 1.29 is 27.9 Å². The maximum atomic E-state index is 11.8. The Kier molecular flexibility index (Phi) is 4.29. The molecule has 0 saturated carbocycles. The van der Waals surface area contributed by atoms with Gasteiger partial charge in [-0.2, -0.15) is 17.0 Å². The number of hydrogen-bond acceptors (Lipinski definition) is 5. The van der Waals surface area contributed by atoms with E-state index < -0.39 is 28.8 Å². The van der Waals surface area contributed by atoms with E-state index in [2.05, 4.69) is 4.74 Å². The lowest BCUT2D eigenvalue weighted by atomic mass is 10.4. The van der Waals surface area contributed by atoms with Crippen LogP contribution in [-0.4, -0.2) is 60.4 Å². The van der Waals surface area contributed by atoms with Crippen molar-refractivity contribution in [3.8, 4) is 0 Å². The van der Waals surface area contributed by atoms with Gasteiger partial charge in [-0.3, -0.25) is 4.79 Å². The maximum Gasteiger partial charge on any atom is 0.422 e. The summed E-state index contributed by atoms with van der Waals surface area (Å²) in [7, 11) is -4.11. The van der Waals surface area contributed by atoms with E-state index in [4.69, 9.17) is 5.11 Å². The summed E-state index contributed by atoms with van der Waals surface area (Å²) in [5.41, 5.74) is 0. The number of carbonyl (C=O) groups excluding carboxylic acids is 1. The SMILES string of the molecule is CCOC(=O)CN1CCCN(C(=O)O)S1(=O)=O. The van der Waals surface area contributed by atoms with Crippen LogP contribution in [0.2, 0.25) is 0 Å². The van der Waals surface area contributed by atoms with Gasteiger partial charge in [-0.05, 0) is 13.3 Å². The van der Waals surface area contributed by atoms with Crippen LogP contribution in [0.1, 0.15) is 13.3 Å². The Bertz CT molecular complexity index is 406. The minimum atomic E-state index is -4.11. The topological polar surface area (TPSA) is 104 Å². The van der Waals surface area contributed by atoms with Gasteiger partial charge in [0.25, 0.3) is 0 Å². The molecule has 0 spiro atoms. The predicted octanol–water partition coefficient (Wildman–Crippen LogP) is -0.520. The zero-order valence-electron chi connectivity index (χ0n) is 9.33. The first-order chi connectivity index (χ1) is 7.89. The molecule has 0 aromatic heterocycles. The highest BCUT2D eigenvalue weighted by atomic mass is 32.2. The van der Waals surface area contributed by atoms with Gasteiger partial charge in [-0.25, -0.2) is 4.79 Å². The van der Waals surface area contributed by atoms with E-state index in [1.54, 1.807) is 6.92 Å². The van der Waals surface area contributed by atoms with Gasteiger partial charge >= 0.3 is 22.3 Å². The van der Waals surface area contributed by atoms with Crippen LogP contribution in [0.4, 0.5) is 4.79 Å². The minimum Gasteiger partial charge on any atom is -0.465 e. The summed E-state index contributed by atoms with van der Waals surface area (Å²) in [4.78, 5) is 21.9. The monoisotopic (exact) mass is 266 g/mol. The Balaban J connectivity index is 2.79. The normalized spacial score (nSPS) is 19.9.